The van der Waals surface area contributed by atoms with E-state index in [4.69, 9.17) is 10.6 Å². The van der Waals surface area contributed by atoms with Gasteiger partial charge in [0, 0.05) is 4.91 Å². The van der Waals surface area contributed by atoms with Gasteiger partial charge in [-0.3, -0.25) is 0 Å². The zero-order valence-electron chi connectivity index (χ0n) is 3.65. The summed E-state index contributed by atoms with van der Waals surface area (Å²) in [7, 11) is 0. The van der Waals surface area contributed by atoms with Gasteiger partial charge in [-0.05, 0) is 12.0 Å². The molecular formula is C3H5N3O. The van der Waals surface area contributed by atoms with E-state index < -0.39 is 0 Å². The van der Waals surface area contributed by atoms with Gasteiger partial charge in [0.05, 0.1) is 12.1 Å². The SMILES string of the molecule is [N-]=[N+]=NC1CC1O. The van der Waals surface area contributed by atoms with Crippen molar-refractivity contribution < 1.29 is 5.11 Å². The van der Waals surface area contributed by atoms with Crippen LogP contribution in [-0.2, 0) is 0 Å². The Balaban J connectivity index is 2.34. The zero-order chi connectivity index (χ0) is 5.28. The smallest absolute Gasteiger partial charge is 0.0658 e. The van der Waals surface area contributed by atoms with Crippen LogP contribution in [0.15, 0.2) is 5.11 Å². The number of azide groups is 1. The fourth-order valence-electron chi connectivity index (χ4n) is 0.359. The van der Waals surface area contributed by atoms with Gasteiger partial charge in [-0.15, -0.1) is 0 Å². The number of hydrogen-bond donors (Lipinski definition) is 1. The van der Waals surface area contributed by atoms with Gasteiger partial charge >= 0.3 is 0 Å². The minimum absolute atomic E-state index is 0.120. The molecule has 4 nitrogen and oxygen atoms in total. The molecule has 1 aliphatic carbocycles. The van der Waals surface area contributed by atoms with Crippen molar-refractivity contribution in [1.29, 1.82) is 0 Å². The van der Waals surface area contributed by atoms with Crippen LogP contribution in [0.1, 0.15) is 6.42 Å². The van der Waals surface area contributed by atoms with Gasteiger partial charge in [-0.1, -0.05) is 5.11 Å². The van der Waals surface area contributed by atoms with Crippen LogP contribution in [-0.4, -0.2) is 17.3 Å². The number of rotatable bonds is 1. The van der Waals surface area contributed by atoms with Crippen LogP contribution >= 0.6 is 0 Å². The summed E-state index contributed by atoms with van der Waals surface area (Å²) in [6.45, 7) is 0. The first-order valence-corrected chi connectivity index (χ1v) is 2.07. The summed E-state index contributed by atoms with van der Waals surface area (Å²) in [5, 5.41) is 11.7. The number of aliphatic hydroxyl groups excluding tert-OH is 1. The van der Waals surface area contributed by atoms with E-state index in [1.54, 1.807) is 0 Å². The van der Waals surface area contributed by atoms with Gasteiger partial charge in [0.1, 0.15) is 0 Å². The Bertz CT molecular complexity index is 117. The molecule has 1 saturated carbocycles. The van der Waals surface area contributed by atoms with Crippen molar-refractivity contribution in [2.75, 3.05) is 0 Å². The van der Waals surface area contributed by atoms with E-state index in [0.29, 0.717) is 6.42 Å². The third-order valence-electron chi connectivity index (χ3n) is 0.924. The highest BCUT2D eigenvalue weighted by Crippen LogP contribution is 2.24. The zero-order valence-corrected chi connectivity index (χ0v) is 3.65. The average molecular weight is 99.1 g/mol. The maximum absolute atomic E-state index is 8.49. The molecule has 0 aromatic rings. The Kier molecular flexibility index (Phi) is 0.889. The molecule has 38 valence electrons. The summed E-state index contributed by atoms with van der Waals surface area (Å²) in [5.74, 6) is 0. The lowest BCUT2D eigenvalue weighted by Crippen LogP contribution is -1.82. The molecule has 2 unspecified atom stereocenters. The van der Waals surface area contributed by atoms with Crippen LogP contribution in [0.4, 0.5) is 0 Å². The van der Waals surface area contributed by atoms with Gasteiger partial charge in [-0.25, -0.2) is 0 Å². The van der Waals surface area contributed by atoms with E-state index >= 15 is 0 Å². The van der Waals surface area contributed by atoms with Gasteiger partial charge in [0.2, 0.25) is 0 Å². The van der Waals surface area contributed by atoms with Gasteiger partial charge in [0.25, 0.3) is 0 Å². The monoisotopic (exact) mass is 99.0 g/mol. The third-order valence-corrected chi connectivity index (χ3v) is 0.924. The van der Waals surface area contributed by atoms with Crippen LogP contribution in [0, 0.1) is 0 Å². The molecule has 1 N–H and O–H groups in total. The average Bonchev–Trinajstić information content (AvgIpc) is 2.22. The first-order chi connectivity index (χ1) is 3.34. The van der Waals surface area contributed by atoms with Crippen LogP contribution in [0.3, 0.4) is 0 Å². The van der Waals surface area contributed by atoms with Gasteiger partial charge < -0.3 is 5.11 Å². The topological polar surface area (TPSA) is 69.0 Å². The molecule has 0 spiro atoms. The van der Waals surface area contributed by atoms with E-state index in [1.807, 2.05) is 0 Å². The summed E-state index contributed by atoms with van der Waals surface area (Å²) in [4.78, 5) is 2.51. The molecule has 1 fully saturated rings. The molecule has 0 radical (unpaired) electrons. The van der Waals surface area contributed by atoms with Crippen LogP contribution in [0.25, 0.3) is 10.4 Å². The fourth-order valence-corrected chi connectivity index (χ4v) is 0.359. The maximum Gasteiger partial charge on any atom is 0.0658 e. The first kappa shape index (κ1) is 4.43. The Labute approximate surface area is 40.4 Å². The highest BCUT2D eigenvalue weighted by atomic mass is 16.3. The lowest BCUT2D eigenvalue weighted by molar-refractivity contribution is 0.272. The quantitative estimate of drug-likeness (QED) is 0.289. The molecule has 4 heteroatoms. The van der Waals surface area contributed by atoms with Gasteiger partial charge in [-0.2, -0.15) is 0 Å². The van der Waals surface area contributed by atoms with E-state index in [-0.39, 0.29) is 12.1 Å². The second kappa shape index (κ2) is 1.40. The normalized spacial score (nSPS) is 36.7. The molecule has 0 bridgehead atoms. The Morgan fingerprint density at radius 2 is 2.43 bits per heavy atom. The van der Waals surface area contributed by atoms with Crippen molar-refractivity contribution in [3.8, 4) is 0 Å². The molecule has 0 aromatic carbocycles. The Hall–Kier alpha value is -0.730. The lowest BCUT2D eigenvalue weighted by Gasteiger charge is -1.71. The summed E-state index contributed by atoms with van der Waals surface area (Å²) in [6, 6.07) is -0.120. The minimum atomic E-state index is -0.351. The van der Waals surface area contributed by atoms with E-state index in [1.165, 1.54) is 0 Å². The second-order valence-electron chi connectivity index (χ2n) is 1.58. The fraction of sp³-hybridized carbons (Fsp3) is 1.00. The van der Waals surface area contributed by atoms with Crippen molar-refractivity contribution in [1.82, 2.24) is 0 Å². The predicted molar refractivity (Wildman–Crippen MR) is 23.6 cm³/mol. The first-order valence-electron chi connectivity index (χ1n) is 2.07. The molecule has 1 aliphatic rings. The molecule has 0 aliphatic heterocycles. The van der Waals surface area contributed by atoms with Crippen molar-refractivity contribution in [3.05, 3.63) is 10.4 Å². The lowest BCUT2D eigenvalue weighted by atomic mass is 10.7. The highest BCUT2D eigenvalue weighted by Gasteiger charge is 2.33. The van der Waals surface area contributed by atoms with Gasteiger partial charge in [0.15, 0.2) is 0 Å². The number of hydrogen-bond acceptors (Lipinski definition) is 2. The molecule has 0 heterocycles. The summed E-state index contributed by atoms with van der Waals surface area (Å²) in [6.07, 6.45) is 0.292. The largest absolute Gasteiger partial charge is 0.393 e. The van der Waals surface area contributed by atoms with E-state index in [2.05, 4.69) is 10.0 Å². The molecule has 1 rings (SSSR count). The van der Waals surface area contributed by atoms with Crippen LogP contribution in [0.2, 0.25) is 0 Å². The van der Waals surface area contributed by atoms with E-state index in [9.17, 15) is 0 Å². The molecule has 2 atom stereocenters. The summed E-state index contributed by atoms with van der Waals surface area (Å²) in [5.41, 5.74) is 7.74. The highest BCUT2D eigenvalue weighted by molar-refractivity contribution is 4.92. The predicted octanol–water partition coefficient (Wildman–Crippen LogP) is 0.430. The standard InChI is InChI=1S/C3H5N3O/c4-6-5-2-1-3(2)7/h2-3,7H,1H2. The minimum Gasteiger partial charge on any atom is -0.393 e. The summed E-state index contributed by atoms with van der Waals surface area (Å²) >= 11 is 0. The van der Waals surface area contributed by atoms with Crippen molar-refractivity contribution >= 4 is 0 Å². The van der Waals surface area contributed by atoms with Crippen molar-refractivity contribution in [2.24, 2.45) is 5.11 Å². The molecule has 7 heavy (non-hydrogen) atoms. The maximum atomic E-state index is 8.49. The Morgan fingerprint density at radius 1 is 1.86 bits per heavy atom. The molecule has 0 saturated heterocycles. The Morgan fingerprint density at radius 3 is 2.57 bits per heavy atom. The van der Waals surface area contributed by atoms with Crippen LogP contribution < -0.4 is 0 Å². The second-order valence-corrected chi connectivity index (χ2v) is 1.58. The molecular weight excluding hydrogens is 94.1 g/mol. The van der Waals surface area contributed by atoms with Crippen LogP contribution in [0.5, 0.6) is 0 Å². The third kappa shape index (κ3) is 0.824. The summed E-state index contributed by atoms with van der Waals surface area (Å²) < 4.78 is 0. The van der Waals surface area contributed by atoms with Crippen molar-refractivity contribution in [2.45, 2.75) is 18.6 Å². The number of nitrogens with zero attached hydrogens (tertiary/aromatic N) is 3. The van der Waals surface area contributed by atoms with E-state index in [0.717, 1.165) is 0 Å². The van der Waals surface area contributed by atoms with Crippen molar-refractivity contribution in [3.63, 3.8) is 0 Å². The molecule has 0 amide bonds. The number of aliphatic hydroxyl groups is 1. The molecule has 0 aromatic heterocycles.